The predicted molar refractivity (Wildman–Crippen MR) is 199 cm³/mol. The molecule has 0 amide bonds. The molecule has 21 heteroatoms. The second kappa shape index (κ2) is 15.6. The molecular formula is C37H30N16O5. The Hall–Kier alpha value is -8.10. The summed E-state index contributed by atoms with van der Waals surface area (Å²) >= 11 is 0. The van der Waals surface area contributed by atoms with Crippen molar-refractivity contribution in [3.63, 3.8) is 0 Å². The summed E-state index contributed by atoms with van der Waals surface area (Å²) in [5.41, 5.74) is 1.77. The first kappa shape index (κ1) is 35.6. The van der Waals surface area contributed by atoms with Gasteiger partial charge >= 0.3 is 0 Å². The van der Waals surface area contributed by atoms with Gasteiger partial charge in [-0.3, -0.25) is 10.1 Å². The van der Waals surface area contributed by atoms with Crippen LogP contribution in [0.4, 0.5) is 0 Å². The maximum Gasteiger partial charge on any atom is 0.269 e. The number of nitrogens with zero attached hydrogens (tertiary/aromatic N) is 16. The molecule has 6 aromatic heterocycles. The van der Waals surface area contributed by atoms with Crippen LogP contribution in [0.3, 0.4) is 0 Å². The number of hydrogen-bond acceptors (Lipinski definition) is 17. The van der Waals surface area contributed by atoms with Crippen molar-refractivity contribution in [2.45, 2.75) is 44.1 Å². The van der Waals surface area contributed by atoms with Gasteiger partial charge in [0.05, 0.1) is 35.7 Å². The Morgan fingerprint density at radius 1 is 0.483 bits per heavy atom. The van der Waals surface area contributed by atoms with Crippen LogP contribution in [0.15, 0.2) is 123 Å². The van der Waals surface area contributed by atoms with Gasteiger partial charge in [-0.05, 0) is 36.4 Å². The number of aromatic nitrogens is 15. The molecule has 0 aliphatic heterocycles. The molecule has 0 aliphatic carbocycles. The Labute approximate surface area is 326 Å². The lowest BCUT2D eigenvalue weighted by atomic mass is 9.84. The van der Waals surface area contributed by atoms with E-state index in [0.29, 0.717) is 17.1 Å². The first-order valence-electron chi connectivity index (χ1n) is 18.0. The van der Waals surface area contributed by atoms with Gasteiger partial charge < -0.3 is 13.3 Å². The van der Waals surface area contributed by atoms with E-state index >= 15 is 0 Å². The summed E-state index contributed by atoms with van der Waals surface area (Å²) in [5.74, 6) is 0.980. The van der Waals surface area contributed by atoms with E-state index in [4.69, 9.17) is 13.3 Å². The number of aryl methyl sites for hydroxylation is 3. The summed E-state index contributed by atoms with van der Waals surface area (Å²) in [6.45, 7) is 0. The average molecular weight is 779 g/mol. The maximum atomic E-state index is 13.1. The Kier molecular flexibility index (Phi) is 9.55. The molecule has 0 atom stereocenters. The van der Waals surface area contributed by atoms with E-state index in [1.807, 2.05) is 91.0 Å². The Morgan fingerprint density at radius 3 is 1.09 bits per heavy atom. The van der Waals surface area contributed by atoms with E-state index in [1.165, 1.54) is 33.0 Å². The number of nitro groups is 1. The van der Waals surface area contributed by atoms with Crippen molar-refractivity contribution in [2.24, 2.45) is 0 Å². The van der Waals surface area contributed by atoms with Gasteiger partial charge in [0.1, 0.15) is 0 Å². The summed E-state index contributed by atoms with van der Waals surface area (Å²) in [6, 6.07) is 28.1. The zero-order valence-corrected chi connectivity index (χ0v) is 30.3. The molecule has 3 aromatic carbocycles. The molecule has 58 heavy (non-hydrogen) atoms. The van der Waals surface area contributed by atoms with Gasteiger partial charge in [0, 0.05) is 43.4 Å². The minimum Gasteiger partial charge on any atom is -0.419 e. The fourth-order valence-corrected chi connectivity index (χ4v) is 6.18. The average Bonchev–Trinajstić information content (AvgIpc) is 4.12. The van der Waals surface area contributed by atoms with Crippen LogP contribution in [0.25, 0.3) is 51.8 Å². The lowest BCUT2D eigenvalue weighted by Gasteiger charge is -2.24. The van der Waals surface area contributed by atoms with Gasteiger partial charge in [-0.2, -0.15) is 29.7 Å². The van der Waals surface area contributed by atoms with Crippen LogP contribution >= 0.6 is 0 Å². The van der Waals surface area contributed by atoms with Crippen LogP contribution in [0.2, 0.25) is 0 Å². The van der Waals surface area contributed by atoms with E-state index in [2.05, 4.69) is 61.2 Å². The fraction of sp³-hybridized carbons (Fsp3) is 0.189. The highest BCUT2D eigenvalue weighted by Crippen LogP contribution is 2.31. The van der Waals surface area contributed by atoms with Crippen LogP contribution < -0.4 is 0 Å². The molecule has 0 radical (unpaired) electrons. The molecule has 9 aromatic rings. The zero-order chi connectivity index (χ0) is 39.3. The zero-order valence-electron chi connectivity index (χ0n) is 30.3. The molecule has 0 bridgehead atoms. The molecule has 0 fully saturated rings. The molecule has 21 nitrogen and oxygen atoms in total. The topological polar surface area (TPSA) is 252 Å². The molecule has 6 heterocycles. The molecule has 0 aliphatic rings. The fourth-order valence-electron chi connectivity index (χ4n) is 6.18. The van der Waals surface area contributed by atoms with Crippen LogP contribution in [-0.4, -0.2) is 86.0 Å². The van der Waals surface area contributed by atoms with Crippen molar-refractivity contribution in [1.82, 2.24) is 75.6 Å². The lowest BCUT2D eigenvalue weighted by Crippen LogP contribution is -2.40. The molecule has 0 saturated heterocycles. The molecule has 9 rings (SSSR count). The van der Waals surface area contributed by atoms with Crippen molar-refractivity contribution in [1.29, 1.82) is 0 Å². The summed E-state index contributed by atoms with van der Waals surface area (Å²) in [5, 5.41) is 64.2. The highest BCUT2D eigenvalue weighted by molar-refractivity contribution is 5.46. The third-order valence-electron chi connectivity index (χ3n) is 9.29. The van der Waals surface area contributed by atoms with E-state index in [0.717, 1.165) is 17.1 Å². The van der Waals surface area contributed by atoms with Crippen LogP contribution in [0.1, 0.15) is 36.9 Å². The largest absolute Gasteiger partial charge is 0.419 e. The second-order valence-corrected chi connectivity index (χ2v) is 13.0. The van der Waals surface area contributed by atoms with E-state index in [1.54, 1.807) is 0 Å². The first-order valence-corrected chi connectivity index (χ1v) is 18.0. The predicted octanol–water partition coefficient (Wildman–Crippen LogP) is 4.79. The molecule has 0 N–H and O–H groups in total. The van der Waals surface area contributed by atoms with Gasteiger partial charge in [0.15, 0.2) is 17.1 Å². The summed E-state index contributed by atoms with van der Waals surface area (Å²) in [7, 11) is 0. The van der Waals surface area contributed by atoms with Crippen molar-refractivity contribution in [2.75, 3.05) is 0 Å². The molecule has 0 unspecified atom stereocenters. The van der Waals surface area contributed by atoms with Crippen molar-refractivity contribution >= 4 is 0 Å². The Morgan fingerprint density at radius 2 is 0.793 bits per heavy atom. The maximum absolute atomic E-state index is 13.1. The molecule has 0 spiro atoms. The molecule has 288 valence electrons. The third kappa shape index (κ3) is 7.58. The van der Waals surface area contributed by atoms with E-state index in [-0.39, 0.29) is 78.8 Å². The van der Waals surface area contributed by atoms with Crippen molar-refractivity contribution in [3.8, 4) is 51.8 Å². The number of benzene rings is 3. The highest BCUT2D eigenvalue weighted by Gasteiger charge is 2.43. The lowest BCUT2D eigenvalue weighted by molar-refractivity contribution is -0.574. The molecular weight excluding hydrogens is 749 g/mol. The van der Waals surface area contributed by atoms with E-state index in [9.17, 15) is 10.1 Å². The number of hydrogen-bond donors (Lipinski definition) is 0. The quantitative estimate of drug-likeness (QED) is 0.0943. The third-order valence-corrected chi connectivity index (χ3v) is 9.29. The minimum atomic E-state index is -1.55. The van der Waals surface area contributed by atoms with Crippen LogP contribution in [0.5, 0.6) is 0 Å². The van der Waals surface area contributed by atoms with Gasteiger partial charge in [-0.1, -0.05) is 54.6 Å². The van der Waals surface area contributed by atoms with Gasteiger partial charge in [0.2, 0.25) is 23.2 Å². The van der Waals surface area contributed by atoms with Crippen molar-refractivity contribution < 1.29 is 18.2 Å². The van der Waals surface area contributed by atoms with Crippen LogP contribution in [-0.2, 0) is 19.3 Å². The van der Waals surface area contributed by atoms with Gasteiger partial charge in [0.25, 0.3) is 17.7 Å². The minimum absolute atomic E-state index is 0.0110. The SMILES string of the molecule is O=[N+]([O-])C(CCc1nnc(-c2cnn(-c3ccccc3)n2)o1)(CCc1nnc(-c2cnn(-c3ccccc3)n2)o1)CCc1nnc(-c2cnn(-c3ccccc3)n2)o1. The first-order chi connectivity index (χ1) is 28.5. The van der Waals surface area contributed by atoms with Crippen LogP contribution in [0, 0.1) is 10.1 Å². The Balaban J connectivity index is 0.929. The molecule has 0 saturated carbocycles. The van der Waals surface area contributed by atoms with Gasteiger partial charge in [-0.25, -0.2) is 0 Å². The number of rotatable bonds is 16. The highest BCUT2D eigenvalue weighted by atomic mass is 16.6. The normalized spacial score (nSPS) is 11.7. The Bertz CT molecular complexity index is 2470. The second-order valence-electron chi connectivity index (χ2n) is 13.0. The summed E-state index contributed by atoms with van der Waals surface area (Å²) < 4.78 is 17.8. The van der Waals surface area contributed by atoms with Crippen molar-refractivity contribution in [3.05, 3.63) is 137 Å². The monoisotopic (exact) mass is 778 g/mol. The van der Waals surface area contributed by atoms with Gasteiger partial charge in [-0.15, -0.1) is 45.9 Å². The summed E-state index contributed by atoms with van der Waals surface area (Å²) in [4.78, 5) is 17.1. The number of para-hydroxylation sites is 3. The van der Waals surface area contributed by atoms with E-state index < -0.39 is 5.54 Å². The standard InChI is InChI=1S/C37H30N16O5/c54-53(55)37(19-16-31-41-44-34(56-31)28-22-38-50(47-28)25-10-4-1-5-11-25,20-17-32-42-45-35(57-32)29-23-39-51(48-29)26-12-6-2-7-13-26)21-18-33-43-46-36(58-33)30-24-40-52(49-30)27-14-8-3-9-15-27/h1-15,22-24H,16-21H2. The smallest absolute Gasteiger partial charge is 0.269 e. The summed E-state index contributed by atoms with van der Waals surface area (Å²) in [6.07, 6.45) is 4.79.